The first-order valence-electron chi connectivity index (χ1n) is 9.22. The van der Waals surface area contributed by atoms with Gasteiger partial charge in [0, 0.05) is 5.69 Å². The summed E-state index contributed by atoms with van der Waals surface area (Å²) in [4.78, 5) is 25.0. The predicted octanol–water partition coefficient (Wildman–Crippen LogP) is 4.17. The summed E-state index contributed by atoms with van der Waals surface area (Å²) in [7, 11) is 0. The molecule has 170 valence electrons. The first kappa shape index (κ1) is 24.6. The molecule has 2 aromatic carbocycles. The zero-order valence-electron chi connectivity index (χ0n) is 16.9. The van der Waals surface area contributed by atoms with E-state index in [1.54, 1.807) is 19.9 Å². The lowest BCUT2D eigenvalue weighted by Gasteiger charge is -2.22. The average molecular weight is 455 g/mol. The van der Waals surface area contributed by atoms with Gasteiger partial charge in [-0.05, 0) is 36.2 Å². The third-order valence-electron chi connectivity index (χ3n) is 4.18. The normalized spacial score (nSPS) is 12.1. The van der Waals surface area contributed by atoms with E-state index in [0.717, 1.165) is 30.3 Å². The van der Waals surface area contributed by atoms with Crippen molar-refractivity contribution in [2.45, 2.75) is 26.1 Å². The Labute approximate surface area is 180 Å². The molecule has 0 bridgehead atoms. The molecule has 0 aliphatic heterocycles. The van der Waals surface area contributed by atoms with Gasteiger partial charge >= 0.3 is 6.18 Å². The summed E-state index contributed by atoms with van der Waals surface area (Å²) in [6, 6.07) is 6.72. The highest BCUT2D eigenvalue weighted by Gasteiger charge is 2.29. The van der Waals surface area contributed by atoms with Crippen LogP contribution < -0.4 is 15.4 Å². The van der Waals surface area contributed by atoms with E-state index < -0.39 is 53.8 Å². The van der Waals surface area contributed by atoms with Gasteiger partial charge in [-0.15, -0.1) is 0 Å². The van der Waals surface area contributed by atoms with Gasteiger partial charge < -0.3 is 15.4 Å². The molecular formula is C21H18F5N3O3. The third kappa shape index (κ3) is 6.41. The fraction of sp³-hybridized carbons (Fsp3) is 0.286. The molecule has 0 heterocycles. The van der Waals surface area contributed by atoms with E-state index in [-0.39, 0.29) is 17.0 Å². The van der Waals surface area contributed by atoms with E-state index in [4.69, 9.17) is 5.26 Å². The van der Waals surface area contributed by atoms with Crippen LogP contribution in [0.5, 0.6) is 5.75 Å². The van der Waals surface area contributed by atoms with Crippen LogP contribution in [0.2, 0.25) is 0 Å². The number of nitrogens with zero attached hydrogens (tertiary/aromatic N) is 1. The number of rotatable bonds is 7. The monoisotopic (exact) mass is 455 g/mol. The predicted molar refractivity (Wildman–Crippen MR) is 104 cm³/mol. The van der Waals surface area contributed by atoms with Crippen molar-refractivity contribution in [1.29, 1.82) is 5.26 Å². The smallest absolute Gasteiger partial charge is 0.422 e. The van der Waals surface area contributed by atoms with Gasteiger partial charge in [0.1, 0.15) is 35.1 Å². The maximum atomic E-state index is 13.8. The van der Waals surface area contributed by atoms with Crippen molar-refractivity contribution in [3.63, 3.8) is 0 Å². The average Bonchev–Trinajstić information content (AvgIpc) is 2.69. The molecule has 0 aliphatic carbocycles. The molecular weight excluding hydrogens is 437 g/mol. The standard InChI is InChI=1S/C21H18F5N3O3/c1-11(2)18(29-19(30)17-14(22)4-3-5-15(17)23)20(31)28-13-6-7-16(12(8-13)9-27)32-10-21(24,25)26/h3-8,11,18H,10H2,1-2H3,(H,28,31)(H,29,30). The Morgan fingerprint density at radius 1 is 1.12 bits per heavy atom. The largest absolute Gasteiger partial charge is 0.483 e. The Morgan fingerprint density at radius 3 is 2.28 bits per heavy atom. The molecule has 6 nitrogen and oxygen atoms in total. The number of hydrogen-bond donors (Lipinski definition) is 2. The summed E-state index contributed by atoms with van der Waals surface area (Å²) < 4.78 is 69.2. The fourth-order valence-corrected chi connectivity index (χ4v) is 2.66. The lowest BCUT2D eigenvalue weighted by molar-refractivity contribution is -0.153. The van der Waals surface area contributed by atoms with Crippen molar-refractivity contribution in [3.8, 4) is 11.8 Å². The van der Waals surface area contributed by atoms with Crippen LogP contribution in [0.1, 0.15) is 29.8 Å². The molecule has 2 amide bonds. The minimum atomic E-state index is -4.60. The van der Waals surface area contributed by atoms with Crippen LogP contribution in [0.3, 0.4) is 0 Å². The summed E-state index contributed by atoms with van der Waals surface area (Å²) in [6.07, 6.45) is -4.60. The molecule has 2 aromatic rings. The van der Waals surface area contributed by atoms with Gasteiger partial charge in [-0.1, -0.05) is 19.9 Å². The highest BCUT2D eigenvalue weighted by Crippen LogP contribution is 2.25. The zero-order chi connectivity index (χ0) is 24.1. The highest BCUT2D eigenvalue weighted by molar-refractivity contribution is 6.01. The lowest BCUT2D eigenvalue weighted by Crippen LogP contribution is -2.47. The van der Waals surface area contributed by atoms with E-state index in [0.29, 0.717) is 0 Å². The van der Waals surface area contributed by atoms with E-state index in [2.05, 4.69) is 15.4 Å². The molecule has 0 fully saturated rings. The molecule has 0 aliphatic rings. The van der Waals surface area contributed by atoms with Crippen molar-refractivity contribution >= 4 is 17.5 Å². The van der Waals surface area contributed by atoms with Gasteiger partial charge in [-0.3, -0.25) is 9.59 Å². The van der Waals surface area contributed by atoms with Crippen LogP contribution in [0.4, 0.5) is 27.6 Å². The Bertz CT molecular complexity index is 1030. The van der Waals surface area contributed by atoms with E-state index >= 15 is 0 Å². The Morgan fingerprint density at radius 2 is 1.75 bits per heavy atom. The molecule has 0 aromatic heterocycles. The molecule has 32 heavy (non-hydrogen) atoms. The third-order valence-corrected chi connectivity index (χ3v) is 4.18. The van der Waals surface area contributed by atoms with E-state index in [1.165, 1.54) is 6.07 Å². The second-order valence-electron chi connectivity index (χ2n) is 7.01. The maximum absolute atomic E-state index is 13.8. The van der Waals surface area contributed by atoms with Gasteiger partial charge in [-0.25, -0.2) is 8.78 Å². The minimum Gasteiger partial charge on any atom is -0.483 e. The molecule has 0 saturated carbocycles. The molecule has 0 saturated heterocycles. The van der Waals surface area contributed by atoms with Crippen molar-refractivity contribution in [3.05, 3.63) is 59.2 Å². The van der Waals surface area contributed by atoms with Gasteiger partial charge in [0.25, 0.3) is 5.91 Å². The molecule has 1 atom stereocenters. The first-order chi connectivity index (χ1) is 14.9. The lowest BCUT2D eigenvalue weighted by atomic mass is 10.0. The van der Waals surface area contributed by atoms with Gasteiger partial charge in [0.15, 0.2) is 6.61 Å². The van der Waals surface area contributed by atoms with E-state index in [9.17, 15) is 31.5 Å². The number of ether oxygens (including phenoxy) is 1. The molecule has 2 N–H and O–H groups in total. The number of nitrogens with one attached hydrogen (secondary N) is 2. The Kier molecular flexibility index (Phi) is 7.75. The second kappa shape index (κ2) is 10.1. The number of alkyl halides is 3. The number of hydrogen-bond acceptors (Lipinski definition) is 4. The number of halogens is 5. The van der Waals surface area contributed by atoms with Gasteiger partial charge in [0.05, 0.1) is 5.56 Å². The highest BCUT2D eigenvalue weighted by atomic mass is 19.4. The SMILES string of the molecule is CC(C)C(NC(=O)c1c(F)cccc1F)C(=O)Nc1ccc(OCC(F)(F)F)c(C#N)c1. The first-order valence-corrected chi connectivity index (χ1v) is 9.22. The van der Waals surface area contributed by atoms with Crippen molar-refractivity contribution in [1.82, 2.24) is 5.32 Å². The number of carbonyl (C=O) groups is 2. The summed E-state index contributed by atoms with van der Waals surface area (Å²) >= 11 is 0. The van der Waals surface area contributed by atoms with Crippen LogP contribution >= 0.6 is 0 Å². The zero-order valence-corrected chi connectivity index (χ0v) is 16.9. The summed E-state index contributed by atoms with van der Waals surface area (Å²) in [5.41, 5.74) is -1.06. The molecule has 0 radical (unpaired) electrons. The number of benzene rings is 2. The van der Waals surface area contributed by atoms with Gasteiger partial charge in [-0.2, -0.15) is 18.4 Å². The van der Waals surface area contributed by atoms with Crippen LogP contribution in [-0.2, 0) is 4.79 Å². The van der Waals surface area contributed by atoms with Gasteiger partial charge in [0.2, 0.25) is 5.91 Å². The van der Waals surface area contributed by atoms with Crippen LogP contribution in [0.15, 0.2) is 36.4 Å². The van der Waals surface area contributed by atoms with Crippen LogP contribution in [0, 0.1) is 28.9 Å². The van der Waals surface area contributed by atoms with Crippen molar-refractivity contribution < 1.29 is 36.3 Å². The fourth-order valence-electron chi connectivity index (χ4n) is 2.66. The quantitative estimate of drug-likeness (QED) is 0.613. The van der Waals surface area contributed by atoms with Crippen LogP contribution in [0.25, 0.3) is 0 Å². The topological polar surface area (TPSA) is 91.2 Å². The van der Waals surface area contributed by atoms with Crippen LogP contribution in [-0.4, -0.2) is 30.6 Å². The summed E-state index contributed by atoms with van der Waals surface area (Å²) in [6.45, 7) is 1.56. The molecule has 2 rings (SSSR count). The number of nitriles is 1. The Balaban J connectivity index is 2.17. The van der Waals surface area contributed by atoms with Crippen molar-refractivity contribution in [2.75, 3.05) is 11.9 Å². The van der Waals surface area contributed by atoms with E-state index in [1.807, 2.05) is 0 Å². The molecule has 0 spiro atoms. The second-order valence-corrected chi connectivity index (χ2v) is 7.01. The Hall–Kier alpha value is -3.68. The minimum absolute atomic E-state index is 0.0443. The summed E-state index contributed by atoms with van der Waals surface area (Å²) in [5.74, 6) is -4.93. The maximum Gasteiger partial charge on any atom is 0.422 e. The number of anilines is 1. The molecule has 1 unspecified atom stereocenters. The number of amides is 2. The molecule has 11 heteroatoms. The number of carbonyl (C=O) groups excluding carboxylic acids is 2. The summed E-state index contributed by atoms with van der Waals surface area (Å²) in [5, 5.41) is 13.8. The van der Waals surface area contributed by atoms with Crippen molar-refractivity contribution in [2.24, 2.45) is 5.92 Å².